The summed E-state index contributed by atoms with van der Waals surface area (Å²) in [5, 5.41) is 11.3. The van der Waals surface area contributed by atoms with Crippen LogP contribution in [-0.4, -0.2) is 125 Å². The van der Waals surface area contributed by atoms with Crippen molar-refractivity contribution in [2.45, 2.75) is 51.8 Å². The number of nitrogens with one attached hydrogen (secondary N) is 2. The lowest BCUT2D eigenvalue weighted by atomic mass is 10.0. The number of anilines is 1. The van der Waals surface area contributed by atoms with E-state index in [4.69, 9.17) is 18.9 Å². The molecular formula is C39H46N8O7. The Morgan fingerprint density at radius 3 is 2.48 bits per heavy atom. The fourth-order valence-corrected chi connectivity index (χ4v) is 7.06. The number of hydrogen-bond acceptors (Lipinski definition) is 12. The summed E-state index contributed by atoms with van der Waals surface area (Å²) in [4.78, 5) is 53.3. The van der Waals surface area contributed by atoms with Crippen LogP contribution in [0.3, 0.4) is 0 Å². The lowest BCUT2D eigenvalue weighted by molar-refractivity contribution is -0.125. The number of carbonyl (C=O) groups is 3. The van der Waals surface area contributed by atoms with Crippen LogP contribution in [-0.2, 0) is 14.3 Å². The lowest BCUT2D eigenvalue weighted by Gasteiger charge is -2.40. The molecule has 15 nitrogen and oxygen atoms in total. The van der Waals surface area contributed by atoms with Gasteiger partial charge in [0.05, 0.1) is 54.9 Å². The molecule has 2 fully saturated rings. The normalized spacial score (nSPS) is 19.2. The third-order valence-electron chi connectivity index (χ3n) is 9.80. The second-order valence-electron chi connectivity index (χ2n) is 13.9. The van der Waals surface area contributed by atoms with Crippen LogP contribution in [0.5, 0.6) is 11.5 Å². The number of benzene rings is 2. The van der Waals surface area contributed by atoms with Crippen LogP contribution in [0.1, 0.15) is 54.3 Å². The van der Waals surface area contributed by atoms with Gasteiger partial charge in [-0.1, -0.05) is 6.58 Å². The molecule has 4 aromatic rings. The van der Waals surface area contributed by atoms with Crippen molar-refractivity contribution in [1.29, 1.82) is 0 Å². The molecule has 2 saturated heterocycles. The molecule has 2 aromatic heterocycles. The maximum Gasteiger partial charge on any atom is 0.262 e. The first-order valence-electron chi connectivity index (χ1n) is 18.4. The maximum absolute atomic E-state index is 13.1. The number of aromatic nitrogens is 4. The third-order valence-corrected chi connectivity index (χ3v) is 9.80. The third kappa shape index (κ3) is 8.07. The van der Waals surface area contributed by atoms with E-state index in [1.807, 2.05) is 38.1 Å². The van der Waals surface area contributed by atoms with E-state index in [0.29, 0.717) is 56.8 Å². The highest BCUT2D eigenvalue weighted by Gasteiger charge is 2.44. The summed E-state index contributed by atoms with van der Waals surface area (Å²) in [6.07, 6.45) is 2.54. The summed E-state index contributed by atoms with van der Waals surface area (Å²) < 4.78 is 23.2. The predicted molar refractivity (Wildman–Crippen MR) is 201 cm³/mol. The van der Waals surface area contributed by atoms with Gasteiger partial charge >= 0.3 is 0 Å². The van der Waals surface area contributed by atoms with Gasteiger partial charge in [0, 0.05) is 49.4 Å². The molecule has 1 unspecified atom stereocenters. The van der Waals surface area contributed by atoms with Gasteiger partial charge in [0.1, 0.15) is 42.0 Å². The number of piperidine rings is 1. The number of hydrogen-bond donors (Lipinski definition) is 2. The number of H-pyrrole nitrogens is 1. The fraction of sp³-hybridized carbons (Fsp3) is 0.436. The predicted octanol–water partition coefficient (Wildman–Crippen LogP) is 3.82. The zero-order valence-corrected chi connectivity index (χ0v) is 30.9. The quantitative estimate of drug-likeness (QED) is 0.134. The number of allylic oxidation sites excluding steroid dienone is 1. The van der Waals surface area contributed by atoms with Crippen LogP contribution >= 0.6 is 0 Å². The molecular weight excluding hydrogens is 692 g/mol. The zero-order valence-electron chi connectivity index (χ0n) is 30.9. The molecule has 0 saturated carbocycles. The Morgan fingerprint density at radius 1 is 0.907 bits per heavy atom. The van der Waals surface area contributed by atoms with E-state index in [0.717, 1.165) is 64.9 Å². The Labute approximate surface area is 313 Å². The van der Waals surface area contributed by atoms with Crippen LogP contribution in [0.15, 0.2) is 61.1 Å². The molecule has 2 N–H and O–H groups in total. The molecule has 3 aliphatic rings. The van der Waals surface area contributed by atoms with Gasteiger partial charge in [0.2, 0.25) is 5.91 Å². The van der Waals surface area contributed by atoms with Crippen molar-refractivity contribution in [2.75, 3.05) is 64.1 Å². The van der Waals surface area contributed by atoms with Gasteiger partial charge in [0.25, 0.3) is 11.8 Å². The highest BCUT2D eigenvalue weighted by molar-refractivity contribution is 6.23. The summed E-state index contributed by atoms with van der Waals surface area (Å²) in [6.45, 7) is 15.4. The first-order valence-corrected chi connectivity index (χ1v) is 18.4. The zero-order chi connectivity index (χ0) is 37.8. The molecule has 284 valence electrons. The molecule has 3 amide bonds. The highest BCUT2D eigenvalue weighted by Crippen LogP contribution is 2.32. The van der Waals surface area contributed by atoms with E-state index < -0.39 is 23.8 Å². The average molecular weight is 739 g/mol. The minimum atomic E-state index is -0.850. The first kappa shape index (κ1) is 37.0. The summed E-state index contributed by atoms with van der Waals surface area (Å²) in [6, 6.07) is 12.1. The Kier molecular flexibility index (Phi) is 11.2. The van der Waals surface area contributed by atoms with E-state index in [2.05, 4.69) is 48.8 Å². The first-order chi connectivity index (χ1) is 26.2. The van der Waals surface area contributed by atoms with Gasteiger partial charge in [0.15, 0.2) is 0 Å². The van der Waals surface area contributed by atoms with Crippen LogP contribution in [0.2, 0.25) is 0 Å². The van der Waals surface area contributed by atoms with Gasteiger partial charge in [-0.3, -0.25) is 29.3 Å². The number of imide groups is 1. The number of rotatable bonds is 15. The molecule has 0 radical (unpaired) electrons. The Balaban J connectivity index is 0.798. The smallest absolute Gasteiger partial charge is 0.262 e. The fourth-order valence-electron chi connectivity index (χ4n) is 7.06. The Morgan fingerprint density at radius 2 is 1.69 bits per heavy atom. The summed E-state index contributed by atoms with van der Waals surface area (Å²) in [5.41, 5.74) is 3.53. The van der Waals surface area contributed by atoms with Crippen molar-refractivity contribution in [3.05, 3.63) is 72.2 Å². The van der Waals surface area contributed by atoms with Crippen LogP contribution in [0.25, 0.3) is 22.3 Å². The molecule has 15 heteroatoms. The van der Waals surface area contributed by atoms with Crippen molar-refractivity contribution >= 4 is 34.4 Å². The van der Waals surface area contributed by atoms with Crippen LogP contribution < -0.4 is 19.7 Å². The van der Waals surface area contributed by atoms with Crippen LogP contribution in [0.4, 0.5) is 5.82 Å². The molecule has 2 aromatic carbocycles. The minimum Gasteiger partial charge on any atom is -0.491 e. The van der Waals surface area contributed by atoms with Crippen LogP contribution in [0, 0.1) is 0 Å². The van der Waals surface area contributed by atoms with E-state index in [9.17, 15) is 14.4 Å². The Bertz CT molecular complexity index is 2030. The number of piperazine rings is 1. The van der Waals surface area contributed by atoms with Crippen molar-refractivity contribution in [3.8, 4) is 22.9 Å². The van der Waals surface area contributed by atoms with Crippen molar-refractivity contribution in [3.63, 3.8) is 0 Å². The van der Waals surface area contributed by atoms with Gasteiger partial charge in [-0.05, 0) is 70.0 Å². The number of fused-ring (bicyclic) bond motifs is 2. The van der Waals surface area contributed by atoms with Crippen molar-refractivity contribution in [2.24, 2.45) is 0 Å². The summed E-state index contributed by atoms with van der Waals surface area (Å²) in [7, 11) is 0. The van der Waals surface area contributed by atoms with Crippen molar-refractivity contribution in [1.82, 2.24) is 35.3 Å². The molecule has 5 heterocycles. The molecule has 0 aliphatic carbocycles. The number of nitrogens with zero attached hydrogens (tertiary/aromatic N) is 6. The maximum atomic E-state index is 13.1. The molecule has 0 spiro atoms. The second kappa shape index (κ2) is 16.3. The monoisotopic (exact) mass is 738 g/mol. The number of amides is 3. The lowest BCUT2D eigenvalue weighted by Crippen LogP contribution is -2.53. The Hall–Kier alpha value is -5.38. The summed E-state index contributed by atoms with van der Waals surface area (Å²) in [5.74, 6) is 0.752. The van der Waals surface area contributed by atoms with Gasteiger partial charge in [-0.15, -0.1) is 0 Å². The molecule has 3 aliphatic heterocycles. The molecule has 7 rings (SSSR count). The number of carbonyl (C=O) groups excluding carboxylic acids is 3. The molecule has 0 bridgehead atoms. The largest absolute Gasteiger partial charge is 0.491 e. The van der Waals surface area contributed by atoms with E-state index in [1.54, 1.807) is 24.5 Å². The minimum absolute atomic E-state index is 0.0762. The van der Waals surface area contributed by atoms with Gasteiger partial charge in [-0.2, -0.15) is 5.10 Å². The second-order valence-corrected chi connectivity index (χ2v) is 13.9. The number of aromatic amines is 1. The van der Waals surface area contributed by atoms with Gasteiger partial charge < -0.3 is 29.2 Å². The highest BCUT2D eigenvalue weighted by atomic mass is 16.5. The topological polar surface area (TPSA) is 164 Å². The number of ether oxygens (including phenoxy) is 4. The van der Waals surface area contributed by atoms with Crippen molar-refractivity contribution < 1.29 is 33.3 Å². The van der Waals surface area contributed by atoms with E-state index >= 15 is 0 Å². The summed E-state index contributed by atoms with van der Waals surface area (Å²) >= 11 is 0. The van der Waals surface area contributed by atoms with Gasteiger partial charge in [-0.25, -0.2) is 9.97 Å². The van der Waals surface area contributed by atoms with E-state index in [-0.39, 0.29) is 23.8 Å². The SMILES string of the molecule is C=C1CCC(N2C(=O)c3ccc(OCCOCCOCCN4CCN(c5cc(-c6n[nH]c7ccc(OC(C)C)cc67)ncn5)C[C@@H]4C)cc3C2=O)C(=O)N1. The van der Waals surface area contributed by atoms with E-state index in [1.165, 1.54) is 0 Å². The standard InChI is InChI=1S/C39H46N8O7/c1-24(2)54-28-7-9-32-31(20-28)36(44-43-32)33-21-35(41-23-40-33)46-12-11-45(26(4)22-46)13-14-51-15-16-52-17-18-53-27-6-8-29-30(19-27)39(50)47(38(29)49)34-10-5-25(3)42-37(34)48/h6-9,19-21,23-24,26,34H,3,5,10-18,22H2,1-2,4H3,(H,42,48)(H,43,44)/t26-,34?/m0/s1. The molecule has 54 heavy (non-hydrogen) atoms. The average Bonchev–Trinajstić information content (AvgIpc) is 3.68. The molecule has 2 atom stereocenters.